The van der Waals surface area contributed by atoms with Crippen molar-refractivity contribution in [1.82, 2.24) is 4.73 Å². The number of ether oxygens (including phenoxy) is 1. The third-order valence-corrected chi connectivity index (χ3v) is 3.65. The van der Waals surface area contributed by atoms with Gasteiger partial charge in [0.15, 0.2) is 11.4 Å². The standard InChI is InChI=1S/C13H20N2O4/c1-19-13(16)9-5-4-8-12-14(17)10-6-2-3-7-11(10)15(12)18/h17H,2-9H2,1H3. The smallest absolute Gasteiger partial charge is 0.305 e. The molecule has 1 N–H and O–H groups in total. The molecule has 6 heteroatoms. The van der Waals surface area contributed by atoms with E-state index >= 15 is 0 Å². The number of esters is 1. The Morgan fingerprint density at radius 3 is 2.84 bits per heavy atom. The van der Waals surface area contributed by atoms with Crippen molar-refractivity contribution in [3.8, 4) is 0 Å². The van der Waals surface area contributed by atoms with E-state index in [0.29, 0.717) is 37.2 Å². The lowest BCUT2D eigenvalue weighted by atomic mass is 10.0. The molecule has 0 aliphatic heterocycles. The van der Waals surface area contributed by atoms with E-state index in [9.17, 15) is 15.2 Å². The van der Waals surface area contributed by atoms with Crippen molar-refractivity contribution in [1.29, 1.82) is 0 Å². The zero-order valence-electron chi connectivity index (χ0n) is 11.2. The monoisotopic (exact) mass is 268 g/mol. The summed E-state index contributed by atoms with van der Waals surface area (Å²) >= 11 is 0. The number of methoxy groups -OCH3 is 1. The minimum absolute atomic E-state index is 0.242. The summed E-state index contributed by atoms with van der Waals surface area (Å²) in [5.41, 5.74) is 1.46. The molecule has 1 aromatic rings. The molecule has 0 fully saturated rings. The summed E-state index contributed by atoms with van der Waals surface area (Å²) in [7, 11) is 1.36. The Morgan fingerprint density at radius 2 is 2.16 bits per heavy atom. The minimum Gasteiger partial charge on any atom is -0.710 e. The third kappa shape index (κ3) is 2.83. The molecule has 6 nitrogen and oxygen atoms in total. The molecule has 1 aliphatic rings. The maximum atomic E-state index is 12.1. The Balaban J connectivity index is 1.97. The molecule has 0 aromatic carbocycles. The number of nitrogens with zero attached hydrogens (tertiary/aromatic N) is 2. The average Bonchev–Trinajstić information content (AvgIpc) is 2.68. The molecule has 0 unspecified atom stereocenters. The molecule has 19 heavy (non-hydrogen) atoms. The number of hydrogen-bond donors (Lipinski definition) is 1. The normalized spacial score (nSPS) is 14.2. The predicted octanol–water partition coefficient (Wildman–Crippen LogP) is 1.12. The van der Waals surface area contributed by atoms with Gasteiger partial charge in [0.1, 0.15) is 0 Å². The van der Waals surface area contributed by atoms with Crippen molar-refractivity contribution in [2.75, 3.05) is 7.11 Å². The van der Waals surface area contributed by atoms with E-state index in [2.05, 4.69) is 4.74 Å². The summed E-state index contributed by atoms with van der Waals surface area (Å²) in [5, 5.41) is 22.1. The Kier molecular flexibility index (Phi) is 4.29. The van der Waals surface area contributed by atoms with Crippen molar-refractivity contribution in [2.45, 2.75) is 51.4 Å². The van der Waals surface area contributed by atoms with Crippen LogP contribution in [-0.4, -0.2) is 23.0 Å². The fraction of sp³-hybridized carbons (Fsp3) is 0.692. The zero-order chi connectivity index (χ0) is 13.8. The van der Waals surface area contributed by atoms with Crippen LogP contribution in [0, 0.1) is 5.21 Å². The van der Waals surface area contributed by atoms with Crippen LogP contribution in [0.5, 0.6) is 0 Å². The number of aromatic nitrogens is 2. The molecule has 106 valence electrons. The number of hydrogen-bond acceptors (Lipinski definition) is 4. The first kappa shape index (κ1) is 13.7. The summed E-state index contributed by atoms with van der Waals surface area (Å²) in [4.78, 5) is 11.0. The average molecular weight is 268 g/mol. The van der Waals surface area contributed by atoms with Gasteiger partial charge in [0.25, 0.3) is 5.82 Å². The van der Waals surface area contributed by atoms with Gasteiger partial charge in [-0.15, -0.1) is 0 Å². The second-order valence-corrected chi connectivity index (χ2v) is 4.91. The third-order valence-electron chi connectivity index (χ3n) is 3.65. The van der Waals surface area contributed by atoms with Gasteiger partial charge < -0.3 is 15.2 Å². The van der Waals surface area contributed by atoms with Crippen LogP contribution in [0.25, 0.3) is 0 Å². The molecule has 0 saturated carbocycles. The molecule has 1 heterocycles. The summed E-state index contributed by atoms with van der Waals surface area (Å²) in [6.45, 7) is 0. The van der Waals surface area contributed by atoms with Crippen LogP contribution >= 0.6 is 0 Å². The summed E-state index contributed by atoms with van der Waals surface area (Å²) in [6.07, 6.45) is 5.67. The highest BCUT2D eigenvalue weighted by molar-refractivity contribution is 5.68. The van der Waals surface area contributed by atoms with Gasteiger partial charge in [-0.2, -0.15) is 0 Å². The largest absolute Gasteiger partial charge is 0.710 e. The maximum Gasteiger partial charge on any atom is 0.305 e. The molecule has 0 atom stereocenters. The van der Waals surface area contributed by atoms with Crippen LogP contribution in [0.1, 0.15) is 49.3 Å². The van der Waals surface area contributed by atoms with Crippen LogP contribution in [0.15, 0.2) is 0 Å². The zero-order valence-corrected chi connectivity index (χ0v) is 11.2. The lowest BCUT2D eigenvalue weighted by Crippen LogP contribution is -2.35. The Labute approximate surface area is 112 Å². The van der Waals surface area contributed by atoms with E-state index in [-0.39, 0.29) is 5.97 Å². The van der Waals surface area contributed by atoms with Crippen molar-refractivity contribution < 1.29 is 19.5 Å². The summed E-state index contributed by atoms with van der Waals surface area (Å²) < 4.78 is 6.48. The number of unbranched alkanes of at least 4 members (excludes halogenated alkanes) is 1. The molecule has 0 saturated heterocycles. The summed E-state index contributed by atoms with van der Waals surface area (Å²) in [5.74, 6) is 0.144. The van der Waals surface area contributed by atoms with Crippen molar-refractivity contribution in [3.05, 3.63) is 22.4 Å². The SMILES string of the molecule is COC(=O)CCCCc1n(O)c2c([n+]1[O-])CCCC2. The second-order valence-electron chi connectivity index (χ2n) is 4.91. The number of rotatable bonds is 5. The number of carbonyl (C=O) groups excluding carboxylic acids is 1. The Bertz CT molecular complexity index is 438. The van der Waals surface area contributed by atoms with Gasteiger partial charge in [0, 0.05) is 19.3 Å². The first-order valence-electron chi connectivity index (χ1n) is 6.76. The van der Waals surface area contributed by atoms with Gasteiger partial charge in [0.05, 0.1) is 13.5 Å². The first-order chi connectivity index (χ1) is 9.15. The lowest BCUT2D eigenvalue weighted by molar-refractivity contribution is -0.623. The quantitative estimate of drug-likeness (QED) is 0.285. The van der Waals surface area contributed by atoms with E-state index in [1.807, 2.05) is 0 Å². The van der Waals surface area contributed by atoms with Gasteiger partial charge >= 0.3 is 5.97 Å². The number of fused-ring (bicyclic) bond motifs is 1. The molecule has 0 spiro atoms. The Hall–Kier alpha value is -1.72. The van der Waals surface area contributed by atoms with Crippen LogP contribution < -0.4 is 4.73 Å². The van der Waals surface area contributed by atoms with E-state index in [4.69, 9.17) is 0 Å². The van der Waals surface area contributed by atoms with E-state index in [0.717, 1.165) is 40.8 Å². The first-order valence-corrected chi connectivity index (χ1v) is 6.76. The highest BCUT2D eigenvalue weighted by Gasteiger charge is 2.28. The van der Waals surface area contributed by atoms with Gasteiger partial charge in [-0.25, -0.2) is 4.73 Å². The molecule has 1 aromatic heterocycles. The Morgan fingerprint density at radius 1 is 1.42 bits per heavy atom. The number of carbonyl (C=O) groups is 1. The molecular weight excluding hydrogens is 248 g/mol. The fourth-order valence-corrected chi connectivity index (χ4v) is 2.58. The van der Waals surface area contributed by atoms with Crippen molar-refractivity contribution in [3.63, 3.8) is 0 Å². The highest BCUT2D eigenvalue weighted by Crippen LogP contribution is 2.20. The minimum atomic E-state index is -0.242. The molecule has 2 rings (SSSR count). The van der Waals surface area contributed by atoms with Crippen molar-refractivity contribution >= 4 is 5.97 Å². The predicted molar refractivity (Wildman–Crippen MR) is 66.8 cm³/mol. The number of imidazole rings is 1. The van der Waals surface area contributed by atoms with Gasteiger partial charge in [0.2, 0.25) is 0 Å². The lowest BCUT2D eigenvalue weighted by Gasteiger charge is -2.09. The molecule has 0 bridgehead atoms. The van der Waals surface area contributed by atoms with Crippen LogP contribution in [-0.2, 0) is 28.8 Å². The summed E-state index contributed by atoms with van der Waals surface area (Å²) in [6, 6.07) is 0. The topological polar surface area (TPSA) is 78.4 Å². The van der Waals surface area contributed by atoms with Crippen molar-refractivity contribution in [2.24, 2.45) is 0 Å². The van der Waals surface area contributed by atoms with Crippen LogP contribution in [0.3, 0.4) is 0 Å². The fourth-order valence-electron chi connectivity index (χ4n) is 2.58. The van der Waals surface area contributed by atoms with E-state index in [1.165, 1.54) is 7.11 Å². The highest BCUT2D eigenvalue weighted by atomic mass is 16.5. The van der Waals surface area contributed by atoms with E-state index in [1.54, 1.807) is 0 Å². The van der Waals surface area contributed by atoms with E-state index < -0.39 is 0 Å². The van der Waals surface area contributed by atoms with Crippen LogP contribution in [0.2, 0.25) is 0 Å². The molecular formula is C13H20N2O4. The van der Waals surface area contributed by atoms with Crippen LogP contribution in [0.4, 0.5) is 0 Å². The molecule has 0 radical (unpaired) electrons. The van der Waals surface area contributed by atoms with Gasteiger partial charge in [-0.05, 0) is 30.4 Å². The molecule has 0 amide bonds. The second kappa shape index (κ2) is 5.95. The van der Waals surface area contributed by atoms with Gasteiger partial charge in [-0.1, -0.05) is 0 Å². The molecule has 1 aliphatic carbocycles. The maximum absolute atomic E-state index is 12.1. The van der Waals surface area contributed by atoms with Gasteiger partial charge in [-0.3, -0.25) is 4.79 Å².